The average Bonchev–Trinajstić information content (AvgIpc) is 2.93. The first-order chi connectivity index (χ1) is 8.54. The zero-order chi connectivity index (χ0) is 13.3. The fraction of sp³-hybridized carbons (Fsp3) is 0.500. The van der Waals surface area contributed by atoms with Crippen molar-refractivity contribution in [3.8, 4) is 0 Å². The maximum atomic E-state index is 12.3. The molecule has 1 aromatic heterocycles. The molecule has 0 radical (unpaired) electrons. The molecule has 1 aliphatic rings. The molecule has 1 aromatic rings. The van der Waals surface area contributed by atoms with Crippen LogP contribution in [0.2, 0.25) is 0 Å². The van der Waals surface area contributed by atoms with Gasteiger partial charge in [-0.3, -0.25) is 4.79 Å². The third kappa shape index (κ3) is 2.25. The van der Waals surface area contributed by atoms with Crippen LogP contribution in [0.5, 0.6) is 0 Å². The molecule has 5 nitrogen and oxygen atoms in total. The van der Waals surface area contributed by atoms with Crippen LogP contribution in [0.4, 0.5) is 0 Å². The van der Waals surface area contributed by atoms with Crippen LogP contribution >= 0.6 is 11.8 Å². The minimum Gasteiger partial charge on any atom is -0.480 e. The lowest BCUT2D eigenvalue weighted by atomic mass is 10.2. The standard InChI is InChI=1S/C12H15NO4S/c1-3-10-13(8(6-18-10)12(15)16)11(14)9-5-4-7(2)17-9/h4-5,8,10H,3,6H2,1-2H3,(H,15,16). The van der Waals surface area contributed by atoms with Crippen molar-refractivity contribution in [3.05, 3.63) is 23.7 Å². The van der Waals surface area contributed by atoms with E-state index in [0.29, 0.717) is 11.5 Å². The molecular formula is C12H15NO4S. The van der Waals surface area contributed by atoms with Gasteiger partial charge in [0.1, 0.15) is 11.8 Å². The molecular weight excluding hydrogens is 254 g/mol. The van der Waals surface area contributed by atoms with Gasteiger partial charge in [0.25, 0.3) is 5.91 Å². The van der Waals surface area contributed by atoms with Crippen molar-refractivity contribution >= 4 is 23.6 Å². The summed E-state index contributed by atoms with van der Waals surface area (Å²) in [7, 11) is 0. The molecule has 1 amide bonds. The molecule has 2 unspecified atom stereocenters. The second-order valence-corrected chi connectivity index (χ2v) is 5.38. The molecule has 2 rings (SSSR count). The topological polar surface area (TPSA) is 70.8 Å². The van der Waals surface area contributed by atoms with Gasteiger partial charge in [0.2, 0.25) is 0 Å². The predicted octanol–water partition coefficient (Wildman–Crippen LogP) is 1.97. The quantitative estimate of drug-likeness (QED) is 0.908. The van der Waals surface area contributed by atoms with Crippen LogP contribution in [-0.4, -0.2) is 39.1 Å². The Hall–Kier alpha value is -1.43. The van der Waals surface area contributed by atoms with Gasteiger partial charge in [-0.15, -0.1) is 11.8 Å². The summed E-state index contributed by atoms with van der Waals surface area (Å²) in [4.78, 5) is 24.9. The highest BCUT2D eigenvalue weighted by Gasteiger charge is 2.41. The number of aliphatic carboxylic acids is 1. The highest BCUT2D eigenvalue weighted by atomic mass is 32.2. The summed E-state index contributed by atoms with van der Waals surface area (Å²) in [5.41, 5.74) is 0. The SMILES string of the molecule is CCC1SCC(C(=O)O)N1C(=O)c1ccc(C)o1. The van der Waals surface area contributed by atoms with Crippen molar-refractivity contribution in [2.45, 2.75) is 31.7 Å². The van der Waals surface area contributed by atoms with Crippen molar-refractivity contribution in [3.63, 3.8) is 0 Å². The summed E-state index contributed by atoms with van der Waals surface area (Å²) in [5.74, 6) is -0.0218. The zero-order valence-electron chi connectivity index (χ0n) is 10.3. The van der Waals surface area contributed by atoms with E-state index in [-0.39, 0.29) is 17.0 Å². The molecule has 0 bridgehead atoms. The summed E-state index contributed by atoms with van der Waals surface area (Å²) < 4.78 is 5.29. The second kappa shape index (κ2) is 5.06. The zero-order valence-corrected chi connectivity index (χ0v) is 11.1. The van der Waals surface area contributed by atoms with Gasteiger partial charge >= 0.3 is 5.97 Å². The molecule has 1 fully saturated rings. The Morgan fingerprint density at radius 1 is 1.56 bits per heavy atom. The molecule has 1 aliphatic heterocycles. The number of thioether (sulfide) groups is 1. The van der Waals surface area contributed by atoms with Crippen molar-refractivity contribution in [2.75, 3.05) is 5.75 Å². The number of carbonyl (C=O) groups is 2. The van der Waals surface area contributed by atoms with Gasteiger partial charge in [0.05, 0.1) is 5.37 Å². The Morgan fingerprint density at radius 3 is 2.78 bits per heavy atom. The average molecular weight is 269 g/mol. The van der Waals surface area contributed by atoms with E-state index in [1.807, 2.05) is 6.92 Å². The Morgan fingerprint density at radius 2 is 2.28 bits per heavy atom. The third-order valence-corrected chi connectivity index (χ3v) is 4.37. The van der Waals surface area contributed by atoms with Crippen LogP contribution in [0.15, 0.2) is 16.5 Å². The summed E-state index contributed by atoms with van der Waals surface area (Å²) in [6, 6.07) is 2.53. The van der Waals surface area contributed by atoms with Gasteiger partial charge in [-0.1, -0.05) is 6.92 Å². The number of carbonyl (C=O) groups excluding carboxylic acids is 1. The maximum absolute atomic E-state index is 12.3. The first kappa shape index (κ1) is 13.0. The molecule has 0 aliphatic carbocycles. The summed E-state index contributed by atoms with van der Waals surface area (Å²) in [5, 5.41) is 9.07. The van der Waals surface area contributed by atoms with E-state index in [1.54, 1.807) is 19.1 Å². The number of amides is 1. The van der Waals surface area contributed by atoms with Crippen molar-refractivity contribution in [2.24, 2.45) is 0 Å². The van der Waals surface area contributed by atoms with E-state index in [0.717, 1.165) is 6.42 Å². The molecule has 0 spiro atoms. The van der Waals surface area contributed by atoms with Gasteiger partial charge in [0, 0.05) is 5.75 Å². The predicted molar refractivity (Wildman–Crippen MR) is 67.6 cm³/mol. The van der Waals surface area contributed by atoms with Crippen LogP contribution < -0.4 is 0 Å². The fourth-order valence-corrected chi connectivity index (χ4v) is 3.36. The molecule has 98 valence electrons. The van der Waals surface area contributed by atoms with E-state index >= 15 is 0 Å². The fourth-order valence-electron chi connectivity index (χ4n) is 2.02. The summed E-state index contributed by atoms with van der Waals surface area (Å²) in [6.45, 7) is 3.69. The number of carboxylic acid groups (broad SMARTS) is 1. The van der Waals surface area contributed by atoms with Gasteiger partial charge in [-0.05, 0) is 25.5 Å². The molecule has 6 heteroatoms. The largest absolute Gasteiger partial charge is 0.480 e. The Balaban J connectivity index is 2.27. The van der Waals surface area contributed by atoms with Crippen molar-refractivity contribution in [1.82, 2.24) is 4.90 Å². The van der Waals surface area contributed by atoms with Crippen LogP contribution in [-0.2, 0) is 4.79 Å². The minimum absolute atomic E-state index is 0.0935. The molecule has 2 heterocycles. The minimum atomic E-state index is -0.963. The number of hydrogen-bond acceptors (Lipinski definition) is 4. The highest BCUT2D eigenvalue weighted by molar-refractivity contribution is 8.00. The van der Waals surface area contributed by atoms with Gasteiger partial charge < -0.3 is 14.4 Å². The molecule has 0 saturated carbocycles. The molecule has 1 saturated heterocycles. The third-order valence-electron chi connectivity index (χ3n) is 2.91. The lowest BCUT2D eigenvalue weighted by Crippen LogP contribution is -2.45. The van der Waals surface area contributed by atoms with E-state index < -0.39 is 12.0 Å². The lowest BCUT2D eigenvalue weighted by molar-refractivity contribution is -0.141. The molecule has 1 N–H and O–H groups in total. The lowest BCUT2D eigenvalue weighted by Gasteiger charge is -2.25. The van der Waals surface area contributed by atoms with E-state index in [1.165, 1.54) is 16.7 Å². The van der Waals surface area contributed by atoms with Crippen molar-refractivity contribution in [1.29, 1.82) is 0 Å². The first-order valence-corrected chi connectivity index (χ1v) is 6.83. The van der Waals surface area contributed by atoms with E-state index in [9.17, 15) is 9.59 Å². The Kier molecular flexibility index (Phi) is 3.65. The number of hydrogen-bond donors (Lipinski definition) is 1. The van der Waals surface area contributed by atoms with Gasteiger partial charge in [0.15, 0.2) is 5.76 Å². The van der Waals surface area contributed by atoms with Gasteiger partial charge in [-0.2, -0.15) is 0 Å². The van der Waals surface area contributed by atoms with Crippen LogP contribution in [0.25, 0.3) is 0 Å². The van der Waals surface area contributed by atoms with E-state index in [2.05, 4.69) is 0 Å². The van der Waals surface area contributed by atoms with Crippen molar-refractivity contribution < 1.29 is 19.1 Å². The van der Waals surface area contributed by atoms with Crippen LogP contribution in [0.1, 0.15) is 29.7 Å². The number of furan rings is 1. The summed E-state index contributed by atoms with van der Waals surface area (Å²) >= 11 is 1.50. The molecule has 0 aromatic carbocycles. The number of rotatable bonds is 3. The van der Waals surface area contributed by atoms with Crippen LogP contribution in [0.3, 0.4) is 0 Å². The second-order valence-electron chi connectivity index (χ2n) is 4.17. The van der Waals surface area contributed by atoms with Crippen LogP contribution in [0, 0.1) is 6.92 Å². The Bertz CT molecular complexity index is 470. The number of nitrogens with zero attached hydrogens (tertiary/aromatic N) is 1. The molecule has 2 atom stereocenters. The monoisotopic (exact) mass is 269 g/mol. The Labute approximate surface area is 109 Å². The van der Waals surface area contributed by atoms with Gasteiger partial charge in [-0.25, -0.2) is 4.79 Å². The number of carboxylic acids is 1. The molecule has 18 heavy (non-hydrogen) atoms. The highest BCUT2D eigenvalue weighted by Crippen LogP contribution is 2.32. The first-order valence-electron chi connectivity index (χ1n) is 5.78. The normalized spacial score (nSPS) is 23.3. The van der Waals surface area contributed by atoms with E-state index in [4.69, 9.17) is 9.52 Å². The maximum Gasteiger partial charge on any atom is 0.327 e. The summed E-state index contributed by atoms with van der Waals surface area (Å²) in [6.07, 6.45) is 0.722. The smallest absolute Gasteiger partial charge is 0.327 e. The number of aryl methyl sites for hydroxylation is 1.